The van der Waals surface area contributed by atoms with Gasteiger partial charge in [-0.1, -0.05) is 0 Å². The van der Waals surface area contributed by atoms with Crippen LogP contribution in [-0.2, 0) is 15.8 Å². The van der Waals surface area contributed by atoms with Crippen molar-refractivity contribution in [1.82, 2.24) is 26.0 Å². The average Bonchev–Trinajstić information content (AvgIpc) is 3.17. The van der Waals surface area contributed by atoms with E-state index >= 15 is 0 Å². The predicted octanol–water partition coefficient (Wildman–Crippen LogP) is 1.30. The van der Waals surface area contributed by atoms with E-state index in [0.717, 1.165) is 38.5 Å². The van der Waals surface area contributed by atoms with Crippen molar-refractivity contribution >= 4 is 25.0 Å². The van der Waals surface area contributed by atoms with Crippen LogP contribution in [0.1, 0.15) is 64.0 Å². The maximum absolute atomic E-state index is 12.1. The summed E-state index contributed by atoms with van der Waals surface area (Å²) in [7, 11) is 1.14. The molecule has 1 aromatic heterocycles. The third-order valence-electron chi connectivity index (χ3n) is 5.72. The van der Waals surface area contributed by atoms with Gasteiger partial charge in [0.05, 0.1) is 0 Å². The number of nitrogens with one attached hydrogen (secondary N) is 3. The zero-order valence-electron chi connectivity index (χ0n) is 18.4. The summed E-state index contributed by atoms with van der Waals surface area (Å²) in [6.45, 7) is 5.98. The number of ether oxygens (including phenoxy) is 1. The van der Waals surface area contributed by atoms with E-state index in [2.05, 4.69) is 21.1 Å². The van der Waals surface area contributed by atoms with Gasteiger partial charge in [-0.15, -0.1) is 0 Å². The molecule has 2 saturated heterocycles. The number of aromatic nitrogens is 1. The quantitative estimate of drug-likeness (QED) is 0.424. The molecule has 1 saturated carbocycles. The fraction of sp³-hybridized carbons (Fsp3) is 0.650. The number of hydrogen-bond acceptors (Lipinski definition) is 8. The van der Waals surface area contributed by atoms with E-state index in [1.165, 1.54) is 0 Å². The molecule has 0 spiro atoms. The molecule has 3 N–H and O–H groups in total. The van der Waals surface area contributed by atoms with E-state index in [4.69, 9.17) is 19.2 Å². The summed E-state index contributed by atoms with van der Waals surface area (Å²) in [5, 5.41) is 21.7. The normalized spacial score (nSPS) is 23.5. The van der Waals surface area contributed by atoms with E-state index in [9.17, 15) is 9.59 Å². The Morgan fingerprint density at radius 3 is 2.94 bits per heavy atom. The van der Waals surface area contributed by atoms with Gasteiger partial charge >= 0.3 is 186 Å². The Morgan fingerprint density at radius 2 is 2.25 bits per heavy atom. The number of nitriles is 1. The fourth-order valence-corrected chi connectivity index (χ4v) is 4.15. The molecule has 1 aliphatic carbocycles. The van der Waals surface area contributed by atoms with Crippen LogP contribution >= 0.6 is 0 Å². The number of hydrogen-bond donors (Lipinski definition) is 3. The average molecular weight is 442 g/mol. The van der Waals surface area contributed by atoms with Crippen LogP contribution in [0.5, 0.6) is 0 Å². The zero-order chi connectivity index (χ0) is 22.9. The Kier molecular flexibility index (Phi) is 5.75. The topological polar surface area (TPSA) is 142 Å². The summed E-state index contributed by atoms with van der Waals surface area (Å²) in [5.41, 5.74) is -0.0459. The molecular weight excluding hydrogens is 415 g/mol. The SMILES string of the molecule is CC(C)(C)OC(=O)NC(=BOC#N)NC1(Cc2cc([C@@H]3CC[C@@H]4CN3C(=O)N4)no2)CC1. The molecule has 3 aliphatic rings. The first-order valence-corrected chi connectivity index (χ1v) is 10.7. The molecule has 1 aromatic rings. The van der Waals surface area contributed by atoms with Crippen molar-refractivity contribution in [3.05, 3.63) is 17.5 Å². The number of carbonyl (C=O) groups is 2. The Labute approximate surface area is 186 Å². The van der Waals surface area contributed by atoms with Crippen LogP contribution in [-0.4, -0.2) is 58.7 Å². The molecule has 3 heterocycles. The van der Waals surface area contributed by atoms with Gasteiger partial charge in [-0.25, -0.2) is 0 Å². The zero-order valence-corrected chi connectivity index (χ0v) is 18.4. The summed E-state index contributed by atoms with van der Waals surface area (Å²) in [6.07, 6.45) is 4.87. The van der Waals surface area contributed by atoms with Gasteiger partial charge in [0.25, 0.3) is 0 Å². The second-order valence-electron chi connectivity index (χ2n) is 9.56. The molecule has 12 heteroatoms. The van der Waals surface area contributed by atoms with E-state index < -0.39 is 11.7 Å². The van der Waals surface area contributed by atoms with Crippen molar-refractivity contribution in [3.63, 3.8) is 0 Å². The van der Waals surface area contributed by atoms with Gasteiger partial charge in [-0.3, -0.25) is 0 Å². The Bertz CT molecular complexity index is 960. The predicted molar refractivity (Wildman–Crippen MR) is 113 cm³/mol. The van der Waals surface area contributed by atoms with Crippen molar-refractivity contribution < 1.29 is 23.5 Å². The van der Waals surface area contributed by atoms with Crippen LogP contribution in [0.3, 0.4) is 0 Å². The third kappa shape index (κ3) is 5.15. The second kappa shape index (κ2) is 8.37. The van der Waals surface area contributed by atoms with E-state index in [-0.39, 0.29) is 29.4 Å². The molecule has 2 atom stereocenters. The number of amides is 3. The second-order valence-corrected chi connectivity index (χ2v) is 9.56. The molecule has 0 unspecified atom stereocenters. The molecule has 0 radical (unpaired) electrons. The van der Waals surface area contributed by atoms with Gasteiger partial charge < -0.3 is 0 Å². The molecule has 170 valence electrons. The van der Waals surface area contributed by atoms with Crippen molar-refractivity contribution in [3.8, 4) is 6.26 Å². The number of rotatable bonds is 7. The number of nitrogens with zero attached hydrogens (tertiary/aromatic N) is 3. The molecule has 3 fully saturated rings. The van der Waals surface area contributed by atoms with Crippen LogP contribution in [0, 0.1) is 11.5 Å². The van der Waals surface area contributed by atoms with Crippen molar-refractivity contribution in [2.75, 3.05) is 6.54 Å². The number of fused-ring (bicyclic) bond motifs is 2. The van der Waals surface area contributed by atoms with Crippen LogP contribution in [0.25, 0.3) is 0 Å². The molecule has 3 amide bonds. The van der Waals surface area contributed by atoms with Gasteiger partial charge in [0.1, 0.15) is 0 Å². The van der Waals surface area contributed by atoms with Gasteiger partial charge in [0, 0.05) is 0 Å². The van der Waals surface area contributed by atoms with Crippen LogP contribution in [0.2, 0.25) is 0 Å². The van der Waals surface area contributed by atoms with E-state index in [1.54, 1.807) is 27.0 Å². The molecule has 2 aliphatic heterocycles. The molecular formula is C20H27BN6O5. The fourth-order valence-electron chi connectivity index (χ4n) is 4.15. The Morgan fingerprint density at radius 1 is 1.47 bits per heavy atom. The Hall–Kier alpha value is -3.23. The van der Waals surface area contributed by atoms with Crippen molar-refractivity contribution in [2.45, 2.75) is 76.1 Å². The monoisotopic (exact) mass is 442 g/mol. The van der Waals surface area contributed by atoms with Gasteiger partial charge in [0.2, 0.25) is 0 Å². The summed E-state index contributed by atoms with van der Waals surface area (Å²) in [5.74, 6) is 0.685. The minimum absolute atomic E-state index is 0.0529. The first-order valence-electron chi connectivity index (χ1n) is 10.7. The summed E-state index contributed by atoms with van der Waals surface area (Å²) in [4.78, 5) is 26.1. The Balaban J connectivity index is 1.40. The summed E-state index contributed by atoms with van der Waals surface area (Å²) < 4.78 is 15.6. The van der Waals surface area contributed by atoms with Gasteiger partial charge in [0.15, 0.2) is 0 Å². The number of piperidine rings is 1. The standard InChI is InChI=1S/C20H27BN6O5/c1-19(2,3)31-18(29)24-16(21-30-11-22)25-20(6-7-20)9-13-8-14(26-32-13)15-5-4-12-10-27(15)17(28)23-12/h8,12,15,25H,4-7,9-10H2,1-3H3,(H,23,28)(H,24,29)/t12-,15+/m1/s1. The summed E-state index contributed by atoms with van der Waals surface area (Å²) >= 11 is 0. The first-order chi connectivity index (χ1) is 15.2. The van der Waals surface area contributed by atoms with Gasteiger partial charge in [-0.2, -0.15) is 0 Å². The van der Waals surface area contributed by atoms with Crippen LogP contribution in [0.4, 0.5) is 9.59 Å². The molecule has 32 heavy (non-hydrogen) atoms. The molecule has 2 bridgehead atoms. The molecule has 4 rings (SSSR count). The first kappa shape index (κ1) is 22.0. The van der Waals surface area contributed by atoms with E-state index in [0.29, 0.717) is 18.7 Å². The van der Waals surface area contributed by atoms with Crippen LogP contribution < -0.4 is 16.0 Å². The van der Waals surface area contributed by atoms with Crippen molar-refractivity contribution in [2.24, 2.45) is 0 Å². The minimum atomic E-state index is -0.663. The van der Waals surface area contributed by atoms with Crippen molar-refractivity contribution in [1.29, 1.82) is 5.26 Å². The van der Waals surface area contributed by atoms with Crippen LogP contribution in [0.15, 0.2) is 10.6 Å². The maximum atomic E-state index is 12.1. The number of alkyl carbamates (subject to hydrolysis) is 1. The molecule has 11 nitrogen and oxygen atoms in total. The summed E-state index contributed by atoms with van der Waals surface area (Å²) in [6, 6.07) is 1.99. The number of carbonyl (C=O) groups excluding carboxylic acids is 2. The molecule has 0 aromatic carbocycles. The third-order valence-corrected chi connectivity index (χ3v) is 5.72. The van der Waals surface area contributed by atoms with Gasteiger partial charge in [-0.05, 0) is 0 Å². The number of urea groups is 1. The van der Waals surface area contributed by atoms with E-state index in [1.807, 2.05) is 11.0 Å².